The summed E-state index contributed by atoms with van der Waals surface area (Å²) in [6, 6.07) is 13.8. The minimum absolute atomic E-state index is 0.0196. The molecular formula is C19H22N4O. The highest BCUT2D eigenvalue weighted by molar-refractivity contribution is 5.89. The molecule has 0 amide bonds. The van der Waals surface area contributed by atoms with Gasteiger partial charge in [-0.3, -0.25) is 4.98 Å². The molecule has 0 fully saturated rings. The van der Waals surface area contributed by atoms with E-state index in [0.717, 1.165) is 33.7 Å². The normalized spacial score (nSPS) is 12.2. The molecule has 0 radical (unpaired) electrons. The van der Waals surface area contributed by atoms with Gasteiger partial charge in [-0.2, -0.15) is 0 Å². The molecule has 0 saturated carbocycles. The SMILES string of the molecule is Cc1ccc2c(N[C@@H](CO)c3cccc(N(C)C)c3)nccc2n1. The Morgan fingerprint density at radius 1 is 1.17 bits per heavy atom. The van der Waals surface area contributed by atoms with Crippen LogP contribution in [0.1, 0.15) is 17.3 Å². The first-order valence-electron chi connectivity index (χ1n) is 7.95. The maximum Gasteiger partial charge on any atom is 0.135 e. The summed E-state index contributed by atoms with van der Waals surface area (Å²) in [5, 5.41) is 14.2. The highest BCUT2D eigenvalue weighted by Crippen LogP contribution is 2.26. The maximum absolute atomic E-state index is 9.87. The molecule has 2 N–H and O–H groups in total. The van der Waals surface area contributed by atoms with Gasteiger partial charge < -0.3 is 15.3 Å². The van der Waals surface area contributed by atoms with Crippen molar-refractivity contribution < 1.29 is 5.11 Å². The number of aliphatic hydroxyl groups excluding tert-OH is 1. The third-order valence-corrected chi connectivity index (χ3v) is 4.04. The van der Waals surface area contributed by atoms with Crippen LogP contribution >= 0.6 is 0 Å². The molecule has 5 heteroatoms. The fraction of sp³-hybridized carbons (Fsp3) is 0.263. The number of rotatable bonds is 5. The summed E-state index contributed by atoms with van der Waals surface area (Å²) in [4.78, 5) is 11.0. The number of hydrogen-bond acceptors (Lipinski definition) is 5. The van der Waals surface area contributed by atoms with Gasteiger partial charge in [0.05, 0.1) is 18.2 Å². The summed E-state index contributed by atoms with van der Waals surface area (Å²) in [6.07, 6.45) is 1.74. The molecule has 3 rings (SSSR count). The molecule has 124 valence electrons. The molecule has 0 bridgehead atoms. The number of nitrogens with zero attached hydrogens (tertiary/aromatic N) is 3. The maximum atomic E-state index is 9.87. The van der Waals surface area contributed by atoms with Crippen molar-refractivity contribution in [3.05, 3.63) is 59.9 Å². The summed E-state index contributed by atoms with van der Waals surface area (Å²) >= 11 is 0. The first kappa shape index (κ1) is 16.2. The molecule has 1 atom stereocenters. The van der Waals surface area contributed by atoms with Crippen LogP contribution in [0.4, 0.5) is 11.5 Å². The second-order valence-corrected chi connectivity index (χ2v) is 6.05. The minimum Gasteiger partial charge on any atom is -0.394 e. The molecule has 0 aliphatic rings. The van der Waals surface area contributed by atoms with Crippen LogP contribution in [0, 0.1) is 6.92 Å². The Kier molecular flexibility index (Phi) is 4.62. The Labute approximate surface area is 142 Å². The van der Waals surface area contributed by atoms with E-state index >= 15 is 0 Å². The number of aromatic nitrogens is 2. The molecule has 0 spiro atoms. The van der Waals surface area contributed by atoms with Crippen molar-refractivity contribution >= 4 is 22.4 Å². The summed E-state index contributed by atoms with van der Waals surface area (Å²) in [7, 11) is 4.00. The van der Waals surface area contributed by atoms with Gasteiger partial charge in [-0.1, -0.05) is 12.1 Å². The van der Waals surface area contributed by atoms with Crippen molar-refractivity contribution in [2.24, 2.45) is 0 Å². The van der Waals surface area contributed by atoms with Gasteiger partial charge >= 0.3 is 0 Å². The fourth-order valence-electron chi connectivity index (χ4n) is 2.69. The van der Waals surface area contributed by atoms with Gasteiger partial charge in [-0.25, -0.2) is 4.98 Å². The standard InChI is InChI=1S/C19H22N4O/c1-13-7-8-16-17(21-13)9-10-20-19(16)22-18(12-24)14-5-4-6-15(11-14)23(2)3/h4-11,18,24H,12H2,1-3H3,(H,20,22)/t18-/m0/s1. The van der Waals surface area contributed by atoms with Gasteiger partial charge in [-0.15, -0.1) is 0 Å². The van der Waals surface area contributed by atoms with Gasteiger partial charge in [0, 0.05) is 37.1 Å². The molecule has 3 aromatic rings. The molecule has 1 aromatic carbocycles. The predicted octanol–water partition coefficient (Wildman–Crippen LogP) is 3.15. The zero-order valence-corrected chi connectivity index (χ0v) is 14.2. The van der Waals surface area contributed by atoms with E-state index in [4.69, 9.17) is 0 Å². The quantitative estimate of drug-likeness (QED) is 0.755. The van der Waals surface area contributed by atoms with Gasteiger partial charge in [0.25, 0.3) is 0 Å². The van der Waals surface area contributed by atoms with E-state index in [1.165, 1.54) is 0 Å². The second-order valence-electron chi connectivity index (χ2n) is 6.05. The first-order chi connectivity index (χ1) is 11.6. The zero-order valence-electron chi connectivity index (χ0n) is 14.2. The molecule has 0 aliphatic carbocycles. The van der Waals surface area contributed by atoms with E-state index in [9.17, 15) is 5.11 Å². The molecule has 0 saturated heterocycles. The number of fused-ring (bicyclic) bond motifs is 1. The van der Waals surface area contributed by atoms with Gasteiger partial charge in [0.15, 0.2) is 0 Å². The third kappa shape index (κ3) is 3.31. The summed E-state index contributed by atoms with van der Waals surface area (Å²) < 4.78 is 0. The molecule has 2 heterocycles. The van der Waals surface area contributed by atoms with Crippen LogP contribution in [0.15, 0.2) is 48.7 Å². The van der Waals surface area contributed by atoms with Crippen molar-refractivity contribution in [2.45, 2.75) is 13.0 Å². The largest absolute Gasteiger partial charge is 0.394 e. The Morgan fingerprint density at radius 2 is 2.00 bits per heavy atom. The molecule has 5 nitrogen and oxygen atoms in total. The lowest BCUT2D eigenvalue weighted by molar-refractivity contribution is 0.276. The number of benzene rings is 1. The van der Waals surface area contributed by atoms with Crippen LogP contribution in [-0.2, 0) is 0 Å². The van der Waals surface area contributed by atoms with Gasteiger partial charge in [0.1, 0.15) is 5.82 Å². The average Bonchev–Trinajstić information content (AvgIpc) is 2.59. The molecule has 0 unspecified atom stereocenters. The Hall–Kier alpha value is -2.66. The highest BCUT2D eigenvalue weighted by atomic mass is 16.3. The van der Waals surface area contributed by atoms with E-state index in [1.54, 1.807) is 6.20 Å². The zero-order chi connectivity index (χ0) is 17.1. The molecular weight excluding hydrogens is 300 g/mol. The monoisotopic (exact) mass is 322 g/mol. The van der Waals surface area contributed by atoms with Crippen molar-refractivity contribution in [2.75, 3.05) is 30.9 Å². The number of anilines is 2. The van der Waals surface area contributed by atoms with Gasteiger partial charge in [-0.05, 0) is 42.8 Å². The van der Waals surface area contributed by atoms with Crippen LogP contribution < -0.4 is 10.2 Å². The number of aliphatic hydroxyl groups is 1. The summed E-state index contributed by atoms with van der Waals surface area (Å²) in [5.41, 5.74) is 3.97. The fourth-order valence-corrected chi connectivity index (χ4v) is 2.69. The van der Waals surface area contributed by atoms with E-state index < -0.39 is 0 Å². The van der Waals surface area contributed by atoms with Crippen molar-refractivity contribution in [1.29, 1.82) is 0 Å². The number of aryl methyl sites for hydroxylation is 1. The summed E-state index contributed by atoms with van der Waals surface area (Å²) in [6.45, 7) is 1.95. The van der Waals surface area contributed by atoms with Crippen molar-refractivity contribution in [3.63, 3.8) is 0 Å². The van der Waals surface area contributed by atoms with Crippen LogP contribution in [0.5, 0.6) is 0 Å². The molecule has 2 aromatic heterocycles. The Morgan fingerprint density at radius 3 is 2.75 bits per heavy atom. The molecule has 24 heavy (non-hydrogen) atoms. The van der Waals surface area contributed by atoms with Crippen LogP contribution in [0.25, 0.3) is 10.9 Å². The lowest BCUT2D eigenvalue weighted by atomic mass is 10.1. The van der Waals surface area contributed by atoms with E-state index in [0.29, 0.717) is 0 Å². The first-order valence-corrected chi connectivity index (χ1v) is 7.95. The van der Waals surface area contributed by atoms with Crippen LogP contribution in [0.3, 0.4) is 0 Å². The minimum atomic E-state index is -0.232. The second kappa shape index (κ2) is 6.84. The number of pyridine rings is 2. The smallest absolute Gasteiger partial charge is 0.135 e. The highest BCUT2D eigenvalue weighted by Gasteiger charge is 2.14. The van der Waals surface area contributed by atoms with Crippen LogP contribution in [-0.4, -0.2) is 35.8 Å². The number of hydrogen-bond donors (Lipinski definition) is 2. The number of nitrogens with one attached hydrogen (secondary N) is 1. The van der Waals surface area contributed by atoms with Gasteiger partial charge in [0.2, 0.25) is 0 Å². The third-order valence-electron chi connectivity index (χ3n) is 4.04. The average molecular weight is 322 g/mol. The molecule has 0 aliphatic heterocycles. The van der Waals surface area contributed by atoms with E-state index in [-0.39, 0.29) is 12.6 Å². The summed E-state index contributed by atoms with van der Waals surface area (Å²) in [5.74, 6) is 0.731. The van der Waals surface area contributed by atoms with Crippen LogP contribution in [0.2, 0.25) is 0 Å². The van der Waals surface area contributed by atoms with E-state index in [2.05, 4.69) is 21.4 Å². The van der Waals surface area contributed by atoms with E-state index in [1.807, 2.05) is 62.3 Å². The lowest BCUT2D eigenvalue weighted by Gasteiger charge is -2.21. The predicted molar refractivity (Wildman–Crippen MR) is 98.5 cm³/mol. The topological polar surface area (TPSA) is 61.3 Å². The van der Waals surface area contributed by atoms with Crippen molar-refractivity contribution in [1.82, 2.24) is 9.97 Å². The lowest BCUT2D eigenvalue weighted by Crippen LogP contribution is -2.17. The van der Waals surface area contributed by atoms with Crippen molar-refractivity contribution in [3.8, 4) is 0 Å². The Bertz CT molecular complexity index is 848. The Balaban J connectivity index is 1.95.